The first-order valence-corrected chi connectivity index (χ1v) is 10.0. The summed E-state index contributed by atoms with van der Waals surface area (Å²) < 4.78 is 0. The number of nitrogens with zero attached hydrogens (tertiary/aromatic N) is 2. The molecule has 1 N–H and O–H groups in total. The van der Waals surface area contributed by atoms with Crippen LogP contribution in [0, 0.1) is 6.92 Å². The summed E-state index contributed by atoms with van der Waals surface area (Å²) in [5.41, 5.74) is 1.82. The van der Waals surface area contributed by atoms with Gasteiger partial charge >= 0.3 is 0 Å². The van der Waals surface area contributed by atoms with Crippen molar-refractivity contribution >= 4 is 53.7 Å². The van der Waals surface area contributed by atoms with Crippen LogP contribution in [0.1, 0.15) is 41.6 Å². The van der Waals surface area contributed by atoms with Gasteiger partial charge in [0.25, 0.3) is 5.91 Å². The number of halogens is 3. The summed E-state index contributed by atoms with van der Waals surface area (Å²) in [5.74, 6) is 0.129. The molecule has 1 aliphatic rings. The van der Waals surface area contributed by atoms with Gasteiger partial charge in [-0.3, -0.25) is 4.79 Å². The molecule has 1 aliphatic heterocycles. The van der Waals surface area contributed by atoms with E-state index in [0.29, 0.717) is 11.1 Å². The van der Waals surface area contributed by atoms with Crippen LogP contribution < -0.4 is 5.32 Å². The molecule has 0 aliphatic carbocycles. The number of thiazole rings is 1. The Kier molecular flexibility index (Phi) is 10.1. The van der Waals surface area contributed by atoms with Crippen LogP contribution in [-0.2, 0) is 0 Å². The van der Waals surface area contributed by atoms with Gasteiger partial charge in [0.15, 0.2) is 0 Å². The number of nitrogens with one attached hydrogen (secondary N) is 1. The Morgan fingerprint density at radius 1 is 1.26 bits per heavy atom. The largest absolute Gasteiger partial charge is 0.335 e. The molecule has 150 valence electrons. The highest BCUT2D eigenvalue weighted by atomic mass is 35.5. The molecule has 2 heterocycles. The van der Waals surface area contributed by atoms with Gasteiger partial charge in [0.1, 0.15) is 9.88 Å². The van der Waals surface area contributed by atoms with E-state index in [1.165, 1.54) is 11.3 Å². The lowest BCUT2D eigenvalue weighted by Crippen LogP contribution is -2.46. The lowest BCUT2D eigenvalue weighted by atomic mass is 10.0. The van der Waals surface area contributed by atoms with Crippen molar-refractivity contribution in [1.82, 2.24) is 15.2 Å². The van der Waals surface area contributed by atoms with E-state index in [1.807, 2.05) is 31.2 Å². The molecule has 0 atom stereocenters. The molecule has 2 aromatic rings. The molecule has 8 heteroatoms. The molecule has 0 spiro atoms. The molecule has 3 rings (SSSR count). The second kappa shape index (κ2) is 11.2. The van der Waals surface area contributed by atoms with Crippen LogP contribution in [0.15, 0.2) is 24.3 Å². The number of piperidine rings is 1. The average Bonchev–Trinajstić information content (AvgIpc) is 3.02. The molecule has 1 amide bonds. The van der Waals surface area contributed by atoms with Crippen LogP contribution in [0.4, 0.5) is 0 Å². The predicted molar refractivity (Wildman–Crippen MR) is 119 cm³/mol. The van der Waals surface area contributed by atoms with Crippen molar-refractivity contribution in [3.8, 4) is 10.6 Å². The van der Waals surface area contributed by atoms with E-state index in [0.717, 1.165) is 60.0 Å². The van der Waals surface area contributed by atoms with E-state index in [9.17, 15) is 4.79 Å². The van der Waals surface area contributed by atoms with Gasteiger partial charge in [-0.2, -0.15) is 0 Å². The lowest BCUT2D eigenvalue weighted by Gasteiger charge is -2.34. The zero-order valence-electron chi connectivity index (χ0n) is 15.5. The van der Waals surface area contributed by atoms with Crippen molar-refractivity contribution in [3.05, 3.63) is 39.9 Å². The summed E-state index contributed by atoms with van der Waals surface area (Å²) in [6.07, 6.45) is 3.01. The predicted octanol–water partition coefficient (Wildman–Crippen LogP) is 5.22. The van der Waals surface area contributed by atoms with Gasteiger partial charge < -0.3 is 10.2 Å². The number of hydrogen-bond acceptors (Lipinski definition) is 4. The maximum absolute atomic E-state index is 13.2. The van der Waals surface area contributed by atoms with Crippen molar-refractivity contribution in [2.75, 3.05) is 19.6 Å². The van der Waals surface area contributed by atoms with Crippen molar-refractivity contribution in [2.24, 2.45) is 0 Å². The van der Waals surface area contributed by atoms with E-state index < -0.39 is 0 Å². The van der Waals surface area contributed by atoms with Crippen molar-refractivity contribution in [1.29, 1.82) is 0 Å². The van der Waals surface area contributed by atoms with Crippen molar-refractivity contribution in [2.45, 2.75) is 39.2 Å². The molecule has 1 aromatic heterocycles. The summed E-state index contributed by atoms with van der Waals surface area (Å²) in [4.78, 5) is 20.7. The van der Waals surface area contributed by atoms with Crippen LogP contribution >= 0.6 is 47.8 Å². The molecule has 1 saturated heterocycles. The van der Waals surface area contributed by atoms with Gasteiger partial charge in [0, 0.05) is 23.2 Å². The Labute approximate surface area is 182 Å². The Hall–Kier alpha value is -0.850. The second-order valence-corrected chi connectivity index (χ2v) is 7.86. The van der Waals surface area contributed by atoms with Gasteiger partial charge in [0.05, 0.1) is 5.69 Å². The highest BCUT2D eigenvalue weighted by molar-refractivity contribution is 7.17. The molecule has 1 aromatic carbocycles. The number of rotatable bonds is 5. The van der Waals surface area contributed by atoms with Crippen molar-refractivity contribution < 1.29 is 4.79 Å². The Morgan fingerprint density at radius 3 is 2.48 bits per heavy atom. The minimum Gasteiger partial charge on any atom is -0.335 e. The monoisotopic (exact) mass is 449 g/mol. The topological polar surface area (TPSA) is 45.2 Å². The first-order chi connectivity index (χ1) is 12.1. The Bertz CT molecular complexity index is 730. The quantitative estimate of drug-likeness (QED) is 0.679. The van der Waals surface area contributed by atoms with Gasteiger partial charge in [-0.1, -0.05) is 30.7 Å². The molecule has 0 bridgehead atoms. The zero-order valence-corrected chi connectivity index (χ0v) is 18.7. The van der Waals surface area contributed by atoms with Crippen LogP contribution in [0.2, 0.25) is 5.02 Å². The van der Waals surface area contributed by atoms with E-state index in [1.54, 1.807) is 0 Å². The minimum absolute atomic E-state index is 0. The summed E-state index contributed by atoms with van der Waals surface area (Å²) in [7, 11) is 0. The summed E-state index contributed by atoms with van der Waals surface area (Å²) in [6.45, 7) is 6.82. The highest BCUT2D eigenvalue weighted by Gasteiger charge is 2.28. The van der Waals surface area contributed by atoms with E-state index in [-0.39, 0.29) is 30.7 Å². The standard InChI is InChI=1S/C19H24ClN3OS.2ClH/c1-3-12-23(16-8-10-21-11-9-16)19(24)17-13(2)22-18(25-17)14-4-6-15(20)7-5-14;;/h4-7,16,21H,3,8-12H2,1-2H3;2*1H. The fraction of sp³-hybridized carbons (Fsp3) is 0.474. The SMILES string of the molecule is CCCN(C(=O)c1sc(-c2ccc(Cl)cc2)nc1C)C1CCNCC1.Cl.Cl. The fourth-order valence-corrected chi connectivity index (χ4v) is 4.40. The number of benzene rings is 1. The highest BCUT2D eigenvalue weighted by Crippen LogP contribution is 2.30. The smallest absolute Gasteiger partial charge is 0.266 e. The number of hydrogen-bond donors (Lipinski definition) is 1. The van der Waals surface area contributed by atoms with Gasteiger partial charge in [-0.25, -0.2) is 4.98 Å². The van der Waals surface area contributed by atoms with Crippen LogP contribution in [-0.4, -0.2) is 41.5 Å². The lowest BCUT2D eigenvalue weighted by molar-refractivity contribution is 0.0646. The van der Waals surface area contributed by atoms with Crippen LogP contribution in [0.3, 0.4) is 0 Å². The van der Waals surface area contributed by atoms with E-state index in [4.69, 9.17) is 11.6 Å². The summed E-state index contributed by atoms with van der Waals surface area (Å²) >= 11 is 7.45. The molecular formula is C19H26Cl3N3OS. The maximum atomic E-state index is 13.2. The third-order valence-corrected chi connectivity index (χ3v) is 6.00. The fourth-order valence-electron chi connectivity index (χ4n) is 3.25. The Morgan fingerprint density at radius 2 is 1.89 bits per heavy atom. The maximum Gasteiger partial charge on any atom is 0.266 e. The number of aromatic nitrogens is 1. The minimum atomic E-state index is 0. The van der Waals surface area contributed by atoms with Gasteiger partial charge in [-0.05, 0) is 51.4 Å². The van der Waals surface area contributed by atoms with Crippen LogP contribution in [0.25, 0.3) is 10.6 Å². The molecule has 0 radical (unpaired) electrons. The van der Waals surface area contributed by atoms with Crippen molar-refractivity contribution in [3.63, 3.8) is 0 Å². The van der Waals surface area contributed by atoms with E-state index >= 15 is 0 Å². The molecule has 0 unspecified atom stereocenters. The van der Waals surface area contributed by atoms with Gasteiger partial charge in [-0.15, -0.1) is 36.2 Å². The Balaban J connectivity index is 0.00000182. The average molecular weight is 451 g/mol. The third-order valence-electron chi connectivity index (χ3n) is 4.56. The first-order valence-electron chi connectivity index (χ1n) is 8.85. The zero-order chi connectivity index (χ0) is 17.8. The molecule has 4 nitrogen and oxygen atoms in total. The molecule has 0 saturated carbocycles. The first kappa shape index (κ1) is 24.2. The molecule has 1 fully saturated rings. The number of carbonyl (C=O) groups excluding carboxylic acids is 1. The van der Waals surface area contributed by atoms with Crippen LogP contribution in [0.5, 0.6) is 0 Å². The number of aryl methyl sites for hydroxylation is 1. The summed E-state index contributed by atoms with van der Waals surface area (Å²) in [6, 6.07) is 7.94. The third kappa shape index (κ3) is 5.81. The number of carbonyl (C=O) groups is 1. The normalized spacial score (nSPS) is 14.2. The van der Waals surface area contributed by atoms with E-state index in [2.05, 4.69) is 22.1 Å². The molecule has 27 heavy (non-hydrogen) atoms. The second-order valence-electron chi connectivity index (χ2n) is 6.42. The summed E-state index contributed by atoms with van der Waals surface area (Å²) in [5, 5.41) is 4.95. The van der Waals surface area contributed by atoms with Gasteiger partial charge in [0.2, 0.25) is 0 Å². The number of amides is 1. The molecular weight excluding hydrogens is 425 g/mol.